The van der Waals surface area contributed by atoms with E-state index in [1.165, 1.54) is 11.3 Å². The van der Waals surface area contributed by atoms with Crippen molar-refractivity contribution in [2.24, 2.45) is 0 Å². The Kier molecular flexibility index (Phi) is 5.25. The van der Waals surface area contributed by atoms with Crippen LogP contribution in [-0.4, -0.2) is 62.7 Å². The average Bonchev–Trinajstić information content (AvgIpc) is 3.17. The molecule has 2 aliphatic heterocycles. The van der Waals surface area contributed by atoms with E-state index >= 15 is 0 Å². The summed E-state index contributed by atoms with van der Waals surface area (Å²) in [5.74, 6) is 1.13. The molecular formula is C16H23N3O4S. The Morgan fingerprint density at radius 2 is 2.04 bits per heavy atom. The summed E-state index contributed by atoms with van der Waals surface area (Å²) >= 11 is 1.34. The first kappa shape index (κ1) is 17.0. The van der Waals surface area contributed by atoms with Crippen molar-refractivity contribution in [1.82, 2.24) is 15.5 Å². The third kappa shape index (κ3) is 3.49. The summed E-state index contributed by atoms with van der Waals surface area (Å²) in [5, 5.41) is 7.46. The first-order valence-electron chi connectivity index (χ1n) is 8.18. The zero-order chi connectivity index (χ0) is 17.1. The van der Waals surface area contributed by atoms with Gasteiger partial charge < -0.3 is 20.1 Å². The molecule has 0 saturated carbocycles. The summed E-state index contributed by atoms with van der Waals surface area (Å²) in [4.78, 5) is 26.7. The molecule has 0 aromatic carbocycles. The summed E-state index contributed by atoms with van der Waals surface area (Å²) in [6, 6.07) is 0.481. The van der Waals surface area contributed by atoms with Gasteiger partial charge >= 0.3 is 0 Å². The number of likely N-dealkylation sites (tertiary alicyclic amines) is 1. The maximum atomic E-state index is 12.4. The third-order valence-electron chi connectivity index (χ3n) is 4.69. The van der Waals surface area contributed by atoms with Crippen LogP contribution in [0.3, 0.4) is 0 Å². The molecule has 132 valence electrons. The minimum atomic E-state index is -0.130. The summed E-state index contributed by atoms with van der Waals surface area (Å²) in [6.07, 6.45) is 2.44. The number of carbonyl (C=O) groups is 2. The van der Waals surface area contributed by atoms with Gasteiger partial charge in [-0.3, -0.25) is 14.5 Å². The Morgan fingerprint density at radius 3 is 2.83 bits per heavy atom. The van der Waals surface area contributed by atoms with Crippen LogP contribution in [0.1, 0.15) is 28.9 Å². The van der Waals surface area contributed by atoms with Gasteiger partial charge in [-0.2, -0.15) is 0 Å². The molecule has 0 aliphatic carbocycles. The van der Waals surface area contributed by atoms with Crippen LogP contribution in [0.4, 0.5) is 0 Å². The van der Waals surface area contributed by atoms with Crippen molar-refractivity contribution in [2.45, 2.75) is 31.3 Å². The van der Waals surface area contributed by atoms with E-state index in [4.69, 9.17) is 9.47 Å². The van der Waals surface area contributed by atoms with Crippen molar-refractivity contribution in [3.8, 4) is 11.5 Å². The molecule has 2 amide bonds. The zero-order valence-electron chi connectivity index (χ0n) is 14.0. The number of likely N-dealkylation sites (N-methyl/N-ethyl adjacent to an activating group) is 1. The first-order valence-corrected chi connectivity index (χ1v) is 9.06. The molecule has 1 saturated heterocycles. The lowest BCUT2D eigenvalue weighted by atomic mass is 10.1. The highest BCUT2D eigenvalue weighted by Gasteiger charge is 2.32. The molecule has 8 heteroatoms. The molecule has 2 atom stereocenters. The van der Waals surface area contributed by atoms with Crippen molar-refractivity contribution in [1.29, 1.82) is 0 Å². The number of rotatable bonds is 5. The number of hydrogen-bond donors (Lipinski definition) is 2. The molecule has 24 heavy (non-hydrogen) atoms. The molecular weight excluding hydrogens is 330 g/mol. The lowest BCUT2D eigenvalue weighted by molar-refractivity contribution is -0.121. The number of amides is 2. The molecule has 1 fully saturated rings. The van der Waals surface area contributed by atoms with Crippen LogP contribution >= 0.6 is 11.3 Å². The summed E-state index contributed by atoms with van der Waals surface area (Å²) in [5.41, 5.74) is 0. The second-order valence-electron chi connectivity index (χ2n) is 6.09. The number of nitrogens with one attached hydrogen (secondary N) is 2. The SMILES string of the molecule is CNC(=O)C[C@H]1CC[C@@H](CNC(=O)c2scc3c2OCCO3)N1C. The van der Waals surface area contributed by atoms with E-state index in [0.717, 1.165) is 12.8 Å². The largest absolute Gasteiger partial charge is 0.485 e. The van der Waals surface area contributed by atoms with Gasteiger partial charge in [-0.1, -0.05) is 0 Å². The minimum Gasteiger partial charge on any atom is -0.485 e. The molecule has 0 spiro atoms. The lowest BCUT2D eigenvalue weighted by Gasteiger charge is -2.25. The van der Waals surface area contributed by atoms with Crippen molar-refractivity contribution in [3.05, 3.63) is 10.3 Å². The summed E-state index contributed by atoms with van der Waals surface area (Å²) < 4.78 is 11.0. The maximum absolute atomic E-state index is 12.4. The van der Waals surface area contributed by atoms with Gasteiger partial charge in [0, 0.05) is 37.5 Å². The topological polar surface area (TPSA) is 79.9 Å². The molecule has 3 heterocycles. The van der Waals surface area contributed by atoms with Gasteiger partial charge in [0.2, 0.25) is 5.91 Å². The monoisotopic (exact) mass is 353 g/mol. The van der Waals surface area contributed by atoms with Crippen LogP contribution in [-0.2, 0) is 4.79 Å². The molecule has 0 unspecified atom stereocenters. The van der Waals surface area contributed by atoms with Gasteiger partial charge in [0.05, 0.1) is 0 Å². The molecule has 2 aliphatic rings. The Hall–Kier alpha value is -1.80. The maximum Gasteiger partial charge on any atom is 0.265 e. The van der Waals surface area contributed by atoms with E-state index in [1.54, 1.807) is 7.05 Å². The fourth-order valence-corrected chi connectivity index (χ4v) is 4.05. The Balaban J connectivity index is 1.53. The molecule has 1 aromatic heterocycles. The van der Waals surface area contributed by atoms with Gasteiger partial charge in [0.1, 0.15) is 18.1 Å². The van der Waals surface area contributed by atoms with E-state index in [9.17, 15) is 9.59 Å². The number of fused-ring (bicyclic) bond motifs is 1. The molecule has 2 N–H and O–H groups in total. The van der Waals surface area contributed by atoms with Gasteiger partial charge in [0.15, 0.2) is 11.5 Å². The second-order valence-corrected chi connectivity index (χ2v) is 6.97. The Morgan fingerprint density at radius 1 is 1.29 bits per heavy atom. The minimum absolute atomic E-state index is 0.0545. The molecule has 0 radical (unpaired) electrons. The van der Waals surface area contributed by atoms with E-state index in [-0.39, 0.29) is 23.9 Å². The standard InChI is InChI=1S/C16H23N3O4S/c1-17-13(20)7-10-3-4-11(19(10)2)8-18-16(21)15-14-12(9-24-15)22-5-6-23-14/h9-11H,3-8H2,1-2H3,(H,17,20)(H,18,21)/t10-,11+/m1/s1. The summed E-state index contributed by atoms with van der Waals surface area (Å²) in [6.45, 7) is 1.55. The van der Waals surface area contributed by atoms with Crippen LogP contribution in [0.2, 0.25) is 0 Å². The van der Waals surface area contributed by atoms with Gasteiger partial charge in [-0.05, 0) is 19.9 Å². The van der Waals surface area contributed by atoms with Crippen LogP contribution in [0.5, 0.6) is 11.5 Å². The predicted octanol–water partition coefficient (Wildman–Crippen LogP) is 0.848. The molecule has 7 nitrogen and oxygen atoms in total. The quantitative estimate of drug-likeness (QED) is 0.820. The number of carbonyl (C=O) groups excluding carboxylic acids is 2. The lowest BCUT2D eigenvalue weighted by Crippen LogP contribution is -2.42. The third-order valence-corrected chi connectivity index (χ3v) is 5.63. The Bertz CT molecular complexity index is 618. The molecule has 1 aromatic rings. The molecule has 3 rings (SSSR count). The highest BCUT2D eigenvalue weighted by Crippen LogP contribution is 2.39. The van der Waals surface area contributed by atoms with Crippen molar-refractivity contribution >= 4 is 23.2 Å². The highest BCUT2D eigenvalue weighted by atomic mass is 32.1. The van der Waals surface area contributed by atoms with Crippen molar-refractivity contribution in [3.63, 3.8) is 0 Å². The van der Waals surface area contributed by atoms with E-state index < -0.39 is 0 Å². The number of nitrogens with zero attached hydrogens (tertiary/aromatic N) is 1. The van der Waals surface area contributed by atoms with Crippen LogP contribution in [0, 0.1) is 0 Å². The van der Waals surface area contributed by atoms with Crippen LogP contribution in [0.15, 0.2) is 5.38 Å². The second kappa shape index (κ2) is 7.40. The zero-order valence-corrected chi connectivity index (χ0v) is 14.8. The first-order chi connectivity index (χ1) is 11.6. The van der Waals surface area contributed by atoms with Gasteiger partial charge in [0.25, 0.3) is 5.91 Å². The molecule has 0 bridgehead atoms. The number of hydrogen-bond acceptors (Lipinski definition) is 6. The average molecular weight is 353 g/mol. The Labute approximate surface area is 145 Å². The fraction of sp³-hybridized carbons (Fsp3) is 0.625. The normalized spacial score (nSPS) is 23.1. The van der Waals surface area contributed by atoms with E-state index in [2.05, 4.69) is 15.5 Å². The predicted molar refractivity (Wildman–Crippen MR) is 90.9 cm³/mol. The van der Waals surface area contributed by atoms with Crippen molar-refractivity contribution in [2.75, 3.05) is 33.9 Å². The highest BCUT2D eigenvalue weighted by molar-refractivity contribution is 7.12. The number of ether oxygens (including phenoxy) is 2. The van der Waals surface area contributed by atoms with Crippen LogP contribution < -0.4 is 20.1 Å². The summed E-state index contributed by atoms with van der Waals surface area (Å²) in [7, 11) is 3.67. The van der Waals surface area contributed by atoms with Gasteiger partial charge in [-0.15, -0.1) is 11.3 Å². The van der Waals surface area contributed by atoms with E-state index in [1.807, 2.05) is 12.4 Å². The number of thiophene rings is 1. The smallest absolute Gasteiger partial charge is 0.265 e. The van der Waals surface area contributed by atoms with Gasteiger partial charge in [-0.25, -0.2) is 0 Å². The van der Waals surface area contributed by atoms with E-state index in [0.29, 0.717) is 42.6 Å². The van der Waals surface area contributed by atoms with Crippen LogP contribution in [0.25, 0.3) is 0 Å². The fourth-order valence-electron chi connectivity index (χ4n) is 3.21. The van der Waals surface area contributed by atoms with Crippen molar-refractivity contribution < 1.29 is 19.1 Å².